The third-order valence-corrected chi connectivity index (χ3v) is 4.19. The molecule has 0 spiro atoms. The van der Waals surface area contributed by atoms with Crippen LogP contribution in [0.4, 0.5) is 13.2 Å². The summed E-state index contributed by atoms with van der Waals surface area (Å²) in [6, 6.07) is 1.30. The molecule has 1 amide bonds. The van der Waals surface area contributed by atoms with Crippen LogP contribution >= 0.6 is 0 Å². The van der Waals surface area contributed by atoms with E-state index in [1.807, 2.05) is 12.1 Å². The number of nitrogens with zero attached hydrogens (tertiary/aromatic N) is 3. The topological polar surface area (TPSA) is 52.2 Å². The van der Waals surface area contributed by atoms with Crippen molar-refractivity contribution in [3.05, 3.63) is 17.5 Å². The maximum atomic E-state index is 12.5. The number of carbonyl (C=O) groups excluding carboxylic acids is 1. The molecule has 2 rings (SSSR count). The number of alkyl halides is 3. The van der Waals surface area contributed by atoms with Crippen molar-refractivity contribution in [1.82, 2.24) is 20.0 Å². The first-order valence-corrected chi connectivity index (χ1v) is 7.37. The minimum Gasteiger partial charge on any atom is -0.339 e. The lowest BCUT2D eigenvalue weighted by Gasteiger charge is -2.26. The van der Waals surface area contributed by atoms with Crippen LogP contribution in [0.25, 0.3) is 0 Å². The van der Waals surface area contributed by atoms with Crippen LogP contribution in [0.15, 0.2) is 6.07 Å². The summed E-state index contributed by atoms with van der Waals surface area (Å²) >= 11 is 0. The molecule has 1 aromatic heterocycles. The number of hydrogen-bond donors (Lipinski definition) is 1. The highest BCUT2D eigenvalue weighted by molar-refractivity contribution is 5.92. The summed E-state index contributed by atoms with van der Waals surface area (Å²) in [6.07, 6.45) is 0.284. The predicted octanol–water partition coefficient (Wildman–Crippen LogP) is 2.37. The van der Waals surface area contributed by atoms with Crippen LogP contribution in [0.3, 0.4) is 0 Å². The van der Waals surface area contributed by atoms with Gasteiger partial charge in [0.2, 0.25) is 0 Å². The summed E-state index contributed by atoms with van der Waals surface area (Å²) in [5.74, 6) is -0.508. The summed E-state index contributed by atoms with van der Waals surface area (Å²) in [4.78, 5) is 15.7. The number of aromatic nitrogens is 2. The van der Waals surface area contributed by atoms with Crippen LogP contribution in [0.2, 0.25) is 0 Å². The molecular formula is C14H21F3N4O. The normalized spacial score (nSPS) is 16.5. The van der Waals surface area contributed by atoms with Crippen LogP contribution in [0.1, 0.15) is 41.9 Å². The zero-order valence-corrected chi connectivity index (χ0v) is 12.8. The van der Waals surface area contributed by atoms with E-state index in [1.54, 1.807) is 7.05 Å². The zero-order chi connectivity index (χ0) is 16.3. The Kier molecular flexibility index (Phi) is 5.10. The van der Waals surface area contributed by atoms with Crippen molar-refractivity contribution in [2.75, 3.05) is 27.2 Å². The number of rotatable bonds is 5. The molecule has 22 heavy (non-hydrogen) atoms. The van der Waals surface area contributed by atoms with E-state index in [0.29, 0.717) is 19.1 Å². The van der Waals surface area contributed by atoms with Crippen molar-refractivity contribution in [3.63, 3.8) is 0 Å². The zero-order valence-electron chi connectivity index (χ0n) is 12.8. The smallest absolute Gasteiger partial charge is 0.339 e. The Labute approximate surface area is 127 Å². The number of likely N-dealkylation sites (N-methyl/N-ethyl adjacent to an activating group) is 2. The lowest BCUT2D eigenvalue weighted by molar-refractivity contribution is -0.141. The number of carbonyl (C=O) groups is 1. The maximum absolute atomic E-state index is 12.5. The molecule has 5 nitrogen and oxygen atoms in total. The highest BCUT2D eigenvalue weighted by Gasteiger charge is 2.34. The molecule has 1 aliphatic carbocycles. The van der Waals surface area contributed by atoms with Gasteiger partial charge in [-0.15, -0.1) is 0 Å². The highest BCUT2D eigenvalue weighted by atomic mass is 19.4. The Balaban J connectivity index is 1.87. The minimum atomic E-state index is -4.52. The summed E-state index contributed by atoms with van der Waals surface area (Å²) in [5.41, 5.74) is -1.22. The van der Waals surface area contributed by atoms with E-state index >= 15 is 0 Å². The van der Waals surface area contributed by atoms with E-state index in [9.17, 15) is 18.0 Å². The molecule has 0 saturated heterocycles. The lowest BCUT2D eigenvalue weighted by atomic mass is 10.2. The van der Waals surface area contributed by atoms with Gasteiger partial charge in [-0.1, -0.05) is 12.8 Å². The fourth-order valence-corrected chi connectivity index (χ4v) is 2.71. The Morgan fingerprint density at radius 2 is 1.95 bits per heavy atom. The number of nitrogens with one attached hydrogen (secondary N) is 1. The van der Waals surface area contributed by atoms with E-state index < -0.39 is 17.8 Å². The van der Waals surface area contributed by atoms with Gasteiger partial charge in [-0.2, -0.15) is 18.3 Å². The van der Waals surface area contributed by atoms with Gasteiger partial charge in [-0.25, -0.2) is 0 Å². The summed E-state index contributed by atoms with van der Waals surface area (Å²) in [5, 5.41) is 5.32. The highest BCUT2D eigenvalue weighted by Crippen LogP contribution is 2.27. The first-order valence-electron chi connectivity index (χ1n) is 7.37. The Bertz CT molecular complexity index is 508. The number of amides is 1. The van der Waals surface area contributed by atoms with Crippen molar-refractivity contribution in [2.45, 2.75) is 37.9 Å². The second-order valence-electron chi connectivity index (χ2n) is 5.81. The standard InChI is InChI=1S/C14H21F3N4O/c1-20(10-5-3-4-6-10)7-8-21(2)13(22)11-9-12(19-18-11)14(15,16)17/h9-10H,3-8H2,1-2H3,(H,18,19). The fraction of sp³-hybridized carbons (Fsp3) is 0.714. The molecule has 1 fully saturated rings. The molecule has 0 atom stereocenters. The third kappa shape index (κ3) is 4.00. The van der Waals surface area contributed by atoms with Gasteiger partial charge < -0.3 is 9.80 Å². The van der Waals surface area contributed by atoms with E-state index in [4.69, 9.17) is 0 Å². The third-order valence-electron chi connectivity index (χ3n) is 4.19. The molecule has 1 saturated carbocycles. The summed E-state index contributed by atoms with van der Waals surface area (Å²) in [7, 11) is 3.59. The van der Waals surface area contributed by atoms with E-state index in [0.717, 1.165) is 6.07 Å². The van der Waals surface area contributed by atoms with Crippen LogP contribution in [0.5, 0.6) is 0 Å². The van der Waals surface area contributed by atoms with Crippen LogP contribution in [-0.2, 0) is 6.18 Å². The second-order valence-corrected chi connectivity index (χ2v) is 5.81. The minimum absolute atomic E-state index is 0.210. The van der Waals surface area contributed by atoms with Gasteiger partial charge in [0.25, 0.3) is 5.91 Å². The molecule has 0 aromatic carbocycles. The van der Waals surface area contributed by atoms with E-state index in [1.165, 1.54) is 30.6 Å². The van der Waals surface area contributed by atoms with Gasteiger partial charge in [-0.3, -0.25) is 9.89 Å². The largest absolute Gasteiger partial charge is 0.432 e. The Morgan fingerprint density at radius 3 is 2.50 bits per heavy atom. The van der Waals surface area contributed by atoms with Gasteiger partial charge in [0.1, 0.15) is 5.69 Å². The van der Waals surface area contributed by atoms with Crippen molar-refractivity contribution in [1.29, 1.82) is 0 Å². The number of aromatic amines is 1. The molecule has 124 valence electrons. The number of hydrogen-bond acceptors (Lipinski definition) is 3. The van der Waals surface area contributed by atoms with Gasteiger partial charge >= 0.3 is 6.18 Å². The summed E-state index contributed by atoms with van der Waals surface area (Å²) in [6.45, 7) is 1.16. The first-order chi connectivity index (χ1) is 10.3. The monoisotopic (exact) mass is 318 g/mol. The predicted molar refractivity (Wildman–Crippen MR) is 75.4 cm³/mol. The molecule has 8 heteroatoms. The molecule has 0 radical (unpaired) electrons. The Hall–Kier alpha value is -1.57. The van der Waals surface area contributed by atoms with Crippen LogP contribution < -0.4 is 0 Å². The average Bonchev–Trinajstić information content (AvgIpc) is 3.12. The van der Waals surface area contributed by atoms with Crippen molar-refractivity contribution >= 4 is 5.91 Å². The van der Waals surface area contributed by atoms with Gasteiger partial charge in [-0.05, 0) is 19.9 Å². The van der Waals surface area contributed by atoms with E-state index in [2.05, 4.69) is 10.00 Å². The molecular weight excluding hydrogens is 297 g/mol. The molecule has 1 N–H and O–H groups in total. The number of H-pyrrole nitrogens is 1. The van der Waals surface area contributed by atoms with Crippen LogP contribution in [0, 0.1) is 0 Å². The molecule has 0 aliphatic heterocycles. The van der Waals surface area contributed by atoms with E-state index in [-0.39, 0.29) is 5.69 Å². The van der Waals surface area contributed by atoms with Gasteiger partial charge in [0, 0.05) is 32.2 Å². The van der Waals surface area contributed by atoms with Crippen molar-refractivity contribution < 1.29 is 18.0 Å². The molecule has 0 bridgehead atoms. The van der Waals surface area contributed by atoms with Gasteiger partial charge in [0.05, 0.1) is 0 Å². The maximum Gasteiger partial charge on any atom is 0.432 e. The molecule has 1 aromatic rings. The molecule has 1 heterocycles. The van der Waals surface area contributed by atoms with Gasteiger partial charge in [0.15, 0.2) is 5.69 Å². The summed E-state index contributed by atoms with van der Waals surface area (Å²) < 4.78 is 37.5. The quantitative estimate of drug-likeness (QED) is 0.907. The second kappa shape index (κ2) is 6.68. The lowest BCUT2D eigenvalue weighted by Crippen LogP contribution is -2.38. The molecule has 0 unspecified atom stereocenters. The van der Waals surface area contributed by atoms with Crippen LogP contribution in [-0.4, -0.2) is 59.1 Å². The SMILES string of the molecule is CN(CCN(C)C1CCCC1)C(=O)c1cc(C(F)(F)F)[nH]n1. The Morgan fingerprint density at radius 1 is 1.32 bits per heavy atom. The number of halogens is 3. The average molecular weight is 318 g/mol. The molecule has 1 aliphatic rings. The first kappa shape index (κ1) is 16.8. The van der Waals surface area contributed by atoms with Crippen molar-refractivity contribution in [2.24, 2.45) is 0 Å². The van der Waals surface area contributed by atoms with Crippen molar-refractivity contribution in [3.8, 4) is 0 Å². The fourth-order valence-electron chi connectivity index (χ4n) is 2.71.